The van der Waals surface area contributed by atoms with Crippen LogP contribution in [0.5, 0.6) is 0 Å². The summed E-state index contributed by atoms with van der Waals surface area (Å²) in [5.41, 5.74) is -0.0740. The number of likely N-dealkylation sites (N-methyl/N-ethyl adjacent to an activating group) is 1. The van der Waals surface area contributed by atoms with Crippen LogP contribution in [-0.4, -0.2) is 19.8 Å². The molecule has 1 aromatic heterocycles. The highest BCUT2D eigenvalue weighted by atomic mass is 35.5. The molecule has 1 aromatic rings. The Hall–Kier alpha value is -0.0900. The van der Waals surface area contributed by atoms with Gasteiger partial charge in [0.1, 0.15) is 0 Å². The topological polar surface area (TPSA) is 21.3 Å². The number of thiophene rings is 1. The molecule has 0 amide bonds. The van der Waals surface area contributed by atoms with E-state index in [-0.39, 0.29) is 11.6 Å². The zero-order valence-corrected chi connectivity index (χ0v) is 12.9. The maximum atomic E-state index is 6.06. The fraction of sp³-hybridized carbons (Fsp3) is 0.714. The molecule has 1 aliphatic rings. The second kappa shape index (κ2) is 5.91. The molecule has 1 atom stereocenters. The molecule has 1 heterocycles. The zero-order valence-electron chi connectivity index (χ0n) is 11.3. The minimum atomic E-state index is -0.0740. The molecule has 0 spiro atoms. The van der Waals surface area contributed by atoms with Crippen molar-refractivity contribution in [1.29, 1.82) is 0 Å². The van der Waals surface area contributed by atoms with E-state index in [1.54, 1.807) is 11.3 Å². The standard InChI is InChI=1S/C14H22ClNOS/c1-10-6-8-14(17-3,9-7-10)13(16-2)11-4-5-12(15)18-11/h4-5,10,13,16H,6-9H2,1-3H3. The number of hydrogen-bond donors (Lipinski definition) is 1. The molecule has 0 bridgehead atoms. The van der Waals surface area contributed by atoms with Gasteiger partial charge in [-0.05, 0) is 50.8 Å². The summed E-state index contributed by atoms with van der Waals surface area (Å²) in [6.45, 7) is 2.33. The molecule has 4 heteroatoms. The van der Waals surface area contributed by atoms with Crippen molar-refractivity contribution in [2.45, 2.75) is 44.2 Å². The van der Waals surface area contributed by atoms with Crippen molar-refractivity contribution in [1.82, 2.24) is 5.32 Å². The molecule has 1 aliphatic carbocycles. The Morgan fingerprint density at radius 1 is 1.44 bits per heavy atom. The predicted molar refractivity (Wildman–Crippen MR) is 78.5 cm³/mol. The number of methoxy groups -OCH3 is 1. The van der Waals surface area contributed by atoms with Crippen molar-refractivity contribution in [3.63, 3.8) is 0 Å². The van der Waals surface area contributed by atoms with Crippen LogP contribution in [0.4, 0.5) is 0 Å². The van der Waals surface area contributed by atoms with Gasteiger partial charge in [-0.2, -0.15) is 0 Å². The van der Waals surface area contributed by atoms with Crippen LogP contribution in [0.25, 0.3) is 0 Å². The molecule has 2 nitrogen and oxygen atoms in total. The maximum Gasteiger partial charge on any atom is 0.0931 e. The molecule has 18 heavy (non-hydrogen) atoms. The van der Waals surface area contributed by atoms with Gasteiger partial charge >= 0.3 is 0 Å². The van der Waals surface area contributed by atoms with Crippen LogP contribution < -0.4 is 5.32 Å². The molecule has 0 saturated heterocycles. The molecular weight excluding hydrogens is 266 g/mol. The van der Waals surface area contributed by atoms with Gasteiger partial charge in [-0.1, -0.05) is 18.5 Å². The van der Waals surface area contributed by atoms with Crippen molar-refractivity contribution in [2.75, 3.05) is 14.2 Å². The molecule has 1 fully saturated rings. The van der Waals surface area contributed by atoms with Crippen LogP contribution in [0.15, 0.2) is 12.1 Å². The van der Waals surface area contributed by atoms with Crippen molar-refractivity contribution in [3.05, 3.63) is 21.3 Å². The minimum absolute atomic E-state index is 0.0740. The second-order valence-electron chi connectivity index (χ2n) is 5.31. The van der Waals surface area contributed by atoms with E-state index < -0.39 is 0 Å². The first-order valence-corrected chi connectivity index (χ1v) is 7.78. The lowest BCUT2D eigenvalue weighted by molar-refractivity contribution is -0.0737. The van der Waals surface area contributed by atoms with Gasteiger partial charge in [0.2, 0.25) is 0 Å². The highest BCUT2D eigenvalue weighted by Gasteiger charge is 2.42. The molecule has 2 rings (SSSR count). The first-order chi connectivity index (χ1) is 8.61. The number of rotatable bonds is 4. The van der Waals surface area contributed by atoms with Crippen LogP contribution in [0, 0.1) is 5.92 Å². The number of halogens is 1. The summed E-state index contributed by atoms with van der Waals surface area (Å²) in [7, 11) is 3.85. The Morgan fingerprint density at radius 2 is 2.11 bits per heavy atom. The summed E-state index contributed by atoms with van der Waals surface area (Å²) >= 11 is 7.71. The average Bonchev–Trinajstić information content (AvgIpc) is 2.79. The van der Waals surface area contributed by atoms with Crippen molar-refractivity contribution in [2.24, 2.45) is 5.92 Å². The Bertz CT molecular complexity index is 385. The van der Waals surface area contributed by atoms with Crippen LogP contribution in [-0.2, 0) is 4.74 Å². The molecule has 0 aromatic carbocycles. The third kappa shape index (κ3) is 2.74. The lowest BCUT2D eigenvalue weighted by atomic mass is 9.75. The van der Waals surface area contributed by atoms with E-state index in [9.17, 15) is 0 Å². The Morgan fingerprint density at radius 3 is 2.56 bits per heavy atom. The van der Waals surface area contributed by atoms with E-state index >= 15 is 0 Å². The lowest BCUT2D eigenvalue weighted by Crippen LogP contribution is -2.46. The van der Waals surface area contributed by atoms with Gasteiger partial charge < -0.3 is 10.1 Å². The third-order valence-corrected chi connectivity index (χ3v) is 5.52. The molecule has 0 radical (unpaired) electrons. The van der Waals surface area contributed by atoms with E-state index in [0.29, 0.717) is 0 Å². The van der Waals surface area contributed by atoms with Crippen molar-refractivity contribution >= 4 is 22.9 Å². The van der Waals surface area contributed by atoms with Gasteiger partial charge in [0.15, 0.2) is 0 Å². The SMILES string of the molecule is CNC(c1ccc(Cl)s1)C1(OC)CCC(C)CC1. The molecule has 0 aliphatic heterocycles. The van der Waals surface area contributed by atoms with E-state index in [1.807, 2.05) is 20.2 Å². The van der Waals surface area contributed by atoms with Gasteiger partial charge in [-0.15, -0.1) is 11.3 Å². The Labute approximate surface area is 119 Å². The van der Waals surface area contributed by atoms with Crippen LogP contribution in [0.2, 0.25) is 4.34 Å². The molecular formula is C14H22ClNOS. The van der Waals surface area contributed by atoms with Crippen molar-refractivity contribution in [3.8, 4) is 0 Å². The molecule has 1 unspecified atom stereocenters. The maximum absolute atomic E-state index is 6.06. The van der Waals surface area contributed by atoms with Gasteiger partial charge in [0.25, 0.3) is 0 Å². The Kier molecular flexibility index (Phi) is 4.70. The van der Waals surface area contributed by atoms with Crippen LogP contribution in [0.3, 0.4) is 0 Å². The van der Waals surface area contributed by atoms with E-state index in [1.165, 1.54) is 17.7 Å². The molecule has 1 N–H and O–H groups in total. The number of ether oxygens (including phenoxy) is 1. The highest BCUT2D eigenvalue weighted by Crippen LogP contribution is 2.44. The largest absolute Gasteiger partial charge is 0.376 e. The fourth-order valence-electron chi connectivity index (χ4n) is 3.01. The predicted octanol–water partition coefficient (Wildman–Crippen LogP) is 4.26. The lowest BCUT2D eigenvalue weighted by Gasteiger charge is -2.43. The monoisotopic (exact) mass is 287 g/mol. The average molecular weight is 288 g/mol. The summed E-state index contributed by atoms with van der Waals surface area (Å²) in [6, 6.07) is 4.33. The fourth-order valence-corrected chi connectivity index (χ4v) is 4.29. The van der Waals surface area contributed by atoms with Crippen LogP contribution >= 0.6 is 22.9 Å². The quantitative estimate of drug-likeness (QED) is 0.893. The van der Waals surface area contributed by atoms with Crippen LogP contribution in [0.1, 0.15) is 43.5 Å². The molecule has 102 valence electrons. The first kappa shape index (κ1) is 14.3. The Balaban J connectivity index is 2.23. The summed E-state index contributed by atoms with van der Waals surface area (Å²) in [5.74, 6) is 0.817. The first-order valence-electron chi connectivity index (χ1n) is 6.59. The summed E-state index contributed by atoms with van der Waals surface area (Å²) in [6.07, 6.45) is 4.72. The van der Waals surface area contributed by atoms with E-state index in [2.05, 4.69) is 18.3 Å². The second-order valence-corrected chi connectivity index (χ2v) is 7.06. The third-order valence-electron chi connectivity index (χ3n) is 4.22. The normalized spacial score (nSPS) is 30.3. The van der Waals surface area contributed by atoms with E-state index in [0.717, 1.165) is 23.1 Å². The minimum Gasteiger partial charge on any atom is -0.376 e. The van der Waals surface area contributed by atoms with Gasteiger partial charge in [0.05, 0.1) is 16.0 Å². The smallest absolute Gasteiger partial charge is 0.0931 e. The summed E-state index contributed by atoms with van der Waals surface area (Å²) < 4.78 is 6.79. The van der Waals surface area contributed by atoms with Gasteiger partial charge in [-0.25, -0.2) is 0 Å². The highest BCUT2D eigenvalue weighted by molar-refractivity contribution is 7.16. The van der Waals surface area contributed by atoms with Gasteiger partial charge in [-0.3, -0.25) is 0 Å². The van der Waals surface area contributed by atoms with Crippen molar-refractivity contribution < 1.29 is 4.74 Å². The zero-order chi connectivity index (χ0) is 13.2. The number of hydrogen-bond acceptors (Lipinski definition) is 3. The summed E-state index contributed by atoms with van der Waals surface area (Å²) in [5, 5.41) is 3.43. The van der Waals surface area contributed by atoms with E-state index in [4.69, 9.17) is 16.3 Å². The summed E-state index contributed by atoms with van der Waals surface area (Å²) in [4.78, 5) is 1.28. The van der Waals surface area contributed by atoms with Gasteiger partial charge in [0, 0.05) is 12.0 Å². The number of nitrogens with one attached hydrogen (secondary N) is 1. The molecule has 1 saturated carbocycles.